The van der Waals surface area contributed by atoms with Crippen LogP contribution >= 0.6 is 0 Å². The maximum absolute atomic E-state index is 13.7. The number of para-hydroxylation sites is 1. The summed E-state index contributed by atoms with van der Waals surface area (Å²) in [4.78, 5) is 28.3. The lowest BCUT2D eigenvalue weighted by Gasteiger charge is -2.35. The highest BCUT2D eigenvalue weighted by Gasteiger charge is 2.25. The van der Waals surface area contributed by atoms with Gasteiger partial charge in [-0.1, -0.05) is 26.0 Å². The largest absolute Gasteiger partial charge is 0.339 e. The van der Waals surface area contributed by atoms with E-state index in [1.54, 1.807) is 9.80 Å². The van der Waals surface area contributed by atoms with Gasteiger partial charge in [-0.15, -0.1) is 0 Å². The number of piperazine rings is 1. The number of carbonyl (C=O) groups excluding carboxylic acids is 2. The second kappa shape index (κ2) is 9.47. The van der Waals surface area contributed by atoms with E-state index in [9.17, 15) is 22.4 Å². The lowest BCUT2D eigenvalue weighted by molar-refractivity contribution is -0.133. The third kappa shape index (κ3) is 5.61. The lowest BCUT2D eigenvalue weighted by atomic mass is 10.1. The number of halogens is 1. The average Bonchev–Trinajstić information content (AvgIpc) is 2.74. The predicted octanol–water partition coefficient (Wildman–Crippen LogP) is 2.96. The number of nitrogens with zero attached hydrogens (tertiary/aromatic N) is 2. The van der Waals surface area contributed by atoms with E-state index in [1.165, 1.54) is 42.5 Å². The molecule has 1 heterocycles. The van der Waals surface area contributed by atoms with Crippen molar-refractivity contribution in [1.82, 2.24) is 9.80 Å². The van der Waals surface area contributed by atoms with E-state index in [0.29, 0.717) is 38.2 Å². The molecular formula is C22H26FN3O4S. The van der Waals surface area contributed by atoms with Gasteiger partial charge in [-0.25, -0.2) is 12.8 Å². The summed E-state index contributed by atoms with van der Waals surface area (Å²) in [5.41, 5.74) is 0.208. The number of hydrogen-bond donors (Lipinski definition) is 1. The molecule has 0 aliphatic carbocycles. The van der Waals surface area contributed by atoms with Crippen molar-refractivity contribution >= 4 is 27.5 Å². The number of rotatable bonds is 6. The normalized spacial score (nSPS) is 14.6. The molecule has 0 atom stereocenters. The minimum atomic E-state index is -3.99. The molecule has 0 unspecified atom stereocenters. The van der Waals surface area contributed by atoms with Crippen LogP contribution in [0.1, 0.15) is 30.6 Å². The quantitative estimate of drug-likeness (QED) is 0.738. The maximum atomic E-state index is 13.7. The molecule has 166 valence electrons. The van der Waals surface area contributed by atoms with Crippen molar-refractivity contribution in [3.63, 3.8) is 0 Å². The highest BCUT2D eigenvalue weighted by atomic mass is 32.2. The first-order valence-corrected chi connectivity index (χ1v) is 11.6. The molecule has 2 aromatic rings. The van der Waals surface area contributed by atoms with E-state index < -0.39 is 15.8 Å². The third-order valence-electron chi connectivity index (χ3n) is 5.03. The summed E-state index contributed by atoms with van der Waals surface area (Å²) in [6.07, 6.45) is 0.491. The van der Waals surface area contributed by atoms with Crippen LogP contribution in [0.5, 0.6) is 0 Å². The second-order valence-corrected chi connectivity index (χ2v) is 9.56. The minimum Gasteiger partial charge on any atom is -0.339 e. The van der Waals surface area contributed by atoms with Gasteiger partial charge in [-0.05, 0) is 42.3 Å². The SMILES string of the molecule is CC(C)CC(=O)N1CCN(C(=O)c2ccc(S(=O)(=O)Nc3ccccc3F)cc2)CC1. The van der Waals surface area contributed by atoms with Crippen molar-refractivity contribution in [1.29, 1.82) is 0 Å². The number of sulfonamides is 1. The number of anilines is 1. The molecule has 1 aliphatic heterocycles. The number of carbonyl (C=O) groups is 2. The second-order valence-electron chi connectivity index (χ2n) is 7.88. The zero-order chi connectivity index (χ0) is 22.6. The molecular weight excluding hydrogens is 421 g/mol. The Morgan fingerprint density at radius 1 is 0.968 bits per heavy atom. The van der Waals surface area contributed by atoms with E-state index in [-0.39, 0.29) is 28.3 Å². The van der Waals surface area contributed by atoms with Gasteiger partial charge in [0.05, 0.1) is 10.6 Å². The monoisotopic (exact) mass is 447 g/mol. The van der Waals surface area contributed by atoms with Crippen LogP contribution in [0.4, 0.5) is 10.1 Å². The molecule has 2 amide bonds. The Morgan fingerprint density at radius 2 is 1.55 bits per heavy atom. The minimum absolute atomic E-state index is 0.0728. The molecule has 31 heavy (non-hydrogen) atoms. The summed E-state index contributed by atoms with van der Waals surface area (Å²) < 4.78 is 41.0. The molecule has 7 nitrogen and oxygen atoms in total. The molecule has 0 radical (unpaired) electrons. The number of nitrogens with one attached hydrogen (secondary N) is 1. The van der Waals surface area contributed by atoms with E-state index in [1.807, 2.05) is 13.8 Å². The smallest absolute Gasteiger partial charge is 0.261 e. The third-order valence-corrected chi connectivity index (χ3v) is 6.41. The maximum Gasteiger partial charge on any atom is 0.261 e. The fourth-order valence-corrected chi connectivity index (χ4v) is 4.41. The number of hydrogen-bond acceptors (Lipinski definition) is 4. The molecule has 0 spiro atoms. The first-order chi connectivity index (χ1) is 14.7. The lowest BCUT2D eigenvalue weighted by Crippen LogP contribution is -2.50. The molecule has 2 aromatic carbocycles. The summed E-state index contributed by atoms with van der Waals surface area (Å²) in [7, 11) is -3.99. The Bertz CT molecular complexity index is 1050. The van der Waals surface area contributed by atoms with Gasteiger partial charge in [0.15, 0.2) is 0 Å². The molecule has 3 rings (SSSR count). The first kappa shape index (κ1) is 22.7. The van der Waals surface area contributed by atoms with Gasteiger partial charge in [0.1, 0.15) is 5.82 Å². The molecule has 1 aliphatic rings. The van der Waals surface area contributed by atoms with Crippen molar-refractivity contribution in [3.8, 4) is 0 Å². The number of amides is 2. The highest BCUT2D eigenvalue weighted by molar-refractivity contribution is 7.92. The zero-order valence-electron chi connectivity index (χ0n) is 17.5. The fraction of sp³-hybridized carbons (Fsp3) is 0.364. The van der Waals surface area contributed by atoms with Crippen molar-refractivity contribution < 1.29 is 22.4 Å². The Hall–Kier alpha value is -2.94. The van der Waals surface area contributed by atoms with E-state index in [0.717, 1.165) is 6.07 Å². The molecule has 1 saturated heterocycles. The summed E-state index contributed by atoms with van der Waals surface area (Å²) in [5, 5.41) is 0. The highest BCUT2D eigenvalue weighted by Crippen LogP contribution is 2.20. The number of benzene rings is 2. The van der Waals surface area contributed by atoms with E-state index in [2.05, 4.69) is 4.72 Å². The summed E-state index contributed by atoms with van der Waals surface area (Å²) in [6.45, 7) is 5.81. The Balaban J connectivity index is 1.63. The predicted molar refractivity (Wildman–Crippen MR) is 116 cm³/mol. The van der Waals surface area contributed by atoms with Gasteiger partial charge in [-0.3, -0.25) is 14.3 Å². The van der Waals surface area contributed by atoms with Crippen molar-refractivity contribution in [2.75, 3.05) is 30.9 Å². The first-order valence-electron chi connectivity index (χ1n) is 10.1. The van der Waals surface area contributed by atoms with Gasteiger partial charge < -0.3 is 9.80 Å². The van der Waals surface area contributed by atoms with Crippen LogP contribution < -0.4 is 4.72 Å². The van der Waals surface area contributed by atoms with Crippen LogP contribution in [-0.4, -0.2) is 56.2 Å². The van der Waals surface area contributed by atoms with Gasteiger partial charge >= 0.3 is 0 Å². The topological polar surface area (TPSA) is 86.8 Å². The van der Waals surface area contributed by atoms with Crippen LogP contribution in [0.2, 0.25) is 0 Å². The van der Waals surface area contributed by atoms with Crippen molar-refractivity contribution in [2.45, 2.75) is 25.2 Å². The molecule has 0 saturated carbocycles. The van der Waals surface area contributed by atoms with Crippen LogP contribution in [-0.2, 0) is 14.8 Å². The molecule has 1 fully saturated rings. The molecule has 0 bridgehead atoms. The molecule has 1 N–H and O–H groups in total. The molecule has 0 aromatic heterocycles. The van der Waals surface area contributed by atoms with E-state index >= 15 is 0 Å². The van der Waals surface area contributed by atoms with Crippen LogP contribution in [0.3, 0.4) is 0 Å². The van der Waals surface area contributed by atoms with Gasteiger partial charge in [0, 0.05) is 38.2 Å². The Morgan fingerprint density at radius 3 is 2.13 bits per heavy atom. The van der Waals surface area contributed by atoms with Gasteiger partial charge in [0.25, 0.3) is 15.9 Å². The van der Waals surface area contributed by atoms with Crippen LogP contribution in [0.15, 0.2) is 53.4 Å². The average molecular weight is 448 g/mol. The van der Waals surface area contributed by atoms with E-state index in [4.69, 9.17) is 0 Å². The summed E-state index contributed by atoms with van der Waals surface area (Å²) >= 11 is 0. The fourth-order valence-electron chi connectivity index (χ4n) is 3.34. The summed E-state index contributed by atoms with van der Waals surface area (Å²) in [5.74, 6) is -0.514. The van der Waals surface area contributed by atoms with Crippen molar-refractivity contribution in [2.24, 2.45) is 5.92 Å². The Kier molecular flexibility index (Phi) is 6.94. The Labute approximate surface area is 181 Å². The zero-order valence-corrected chi connectivity index (χ0v) is 18.4. The summed E-state index contributed by atoms with van der Waals surface area (Å²) in [6, 6.07) is 11.0. The van der Waals surface area contributed by atoms with Crippen LogP contribution in [0.25, 0.3) is 0 Å². The standard InChI is InChI=1S/C22H26FN3O4S/c1-16(2)15-21(27)25-11-13-26(14-12-25)22(28)17-7-9-18(10-8-17)31(29,30)24-20-6-4-3-5-19(20)23/h3-10,16,24H,11-15H2,1-2H3. The molecule has 9 heteroatoms. The van der Waals surface area contributed by atoms with Gasteiger partial charge in [0.2, 0.25) is 5.91 Å². The van der Waals surface area contributed by atoms with Crippen LogP contribution in [0, 0.1) is 11.7 Å². The van der Waals surface area contributed by atoms with Gasteiger partial charge in [-0.2, -0.15) is 0 Å². The van der Waals surface area contributed by atoms with Crippen molar-refractivity contribution in [3.05, 3.63) is 59.9 Å².